The van der Waals surface area contributed by atoms with Crippen molar-refractivity contribution in [3.63, 3.8) is 0 Å². The van der Waals surface area contributed by atoms with E-state index in [0.29, 0.717) is 30.3 Å². The highest BCUT2D eigenvalue weighted by Gasteiger charge is 2.29. The van der Waals surface area contributed by atoms with Crippen LogP contribution < -0.4 is 10.1 Å². The quantitative estimate of drug-likeness (QED) is 0.701. The molecule has 6 nitrogen and oxygen atoms in total. The minimum absolute atomic E-state index is 0.00423. The molecular formula is C24H31N3O3. The fourth-order valence-corrected chi connectivity index (χ4v) is 4.68. The SMILES string of the molecule is COc1ccc([C@H](O)[C@H](CN2CCCC2)NC(=O)CC2Cc3ccccc3C2)nc1. The zero-order chi connectivity index (χ0) is 20.9. The Labute approximate surface area is 178 Å². The van der Waals surface area contributed by atoms with Gasteiger partial charge in [-0.3, -0.25) is 9.78 Å². The fraction of sp³-hybridized carbons (Fsp3) is 0.500. The standard InChI is InChI=1S/C24H31N3O3/c1-30-20-8-9-21(25-15-20)24(29)22(16-27-10-4-5-11-27)26-23(28)14-17-12-18-6-2-3-7-19(18)13-17/h2-3,6-9,15,17,22,24,29H,4-5,10-14,16H2,1H3,(H,26,28)/t22-,24-/m0/s1. The molecule has 1 aliphatic carbocycles. The van der Waals surface area contributed by atoms with Crippen molar-refractivity contribution in [2.45, 2.75) is 44.2 Å². The third-order valence-electron chi connectivity index (χ3n) is 6.29. The Morgan fingerprint density at radius 2 is 1.90 bits per heavy atom. The monoisotopic (exact) mass is 409 g/mol. The molecule has 2 atom stereocenters. The van der Waals surface area contributed by atoms with Crippen LogP contribution >= 0.6 is 0 Å². The number of rotatable bonds is 8. The maximum absolute atomic E-state index is 12.9. The summed E-state index contributed by atoms with van der Waals surface area (Å²) in [6, 6.07) is 11.6. The summed E-state index contributed by atoms with van der Waals surface area (Å²) in [5.74, 6) is 0.975. The Hall–Kier alpha value is -2.44. The predicted octanol–water partition coefficient (Wildman–Crippen LogP) is 2.51. The summed E-state index contributed by atoms with van der Waals surface area (Å²) >= 11 is 0. The number of ether oxygens (including phenoxy) is 1. The van der Waals surface area contributed by atoms with Crippen LogP contribution in [0.15, 0.2) is 42.6 Å². The van der Waals surface area contributed by atoms with Gasteiger partial charge in [-0.1, -0.05) is 24.3 Å². The number of aliphatic hydroxyl groups is 1. The van der Waals surface area contributed by atoms with Crippen LogP contribution in [0, 0.1) is 5.92 Å². The van der Waals surface area contributed by atoms with Gasteiger partial charge in [0.15, 0.2) is 0 Å². The molecule has 0 spiro atoms. The van der Waals surface area contributed by atoms with Crippen LogP contribution in [0.2, 0.25) is 0 Å². The molecule has 0 saturated carbocycles. The normalized spacial score (nSPS) is 18.7. The van der Waals surface area contributed by atoms with Crippen molar-refractivity contribution in [3.8, 4) is 5.75 Å². The van der Waals surface area contributed by atoms with E-state index in [0.717, 1.165) is 38.8 Å². The van der Waals surface area contributed by atoms with Crippen molar-refractivity contribution in [1.29, 1.82) is 0 Å². The first-order chi connectivity index (χ1) is 14.6. The van der Waals surface area contributed by atoms with E-state index in [9.17, 15) is 9.90 Å². The Kier molecular flexibility index (Phi) is 6.65. The molecule has 6 heteroatoms. The van der Waals surface area contributed by atoms with Gasteiger partial charge in [-0.15, -0.1) is 0 Å². The van der Waals surface area contributed by atoms with E-state index < -0.39 is 6.10 Å². The van der Waals surface area contributed by atoms with Gasteiger partial charge in [0.05, 0.1) is 25.0 Å². The van der Waals surface area contributed by atoms with E-state index >= 15 is 0 Å². The highest BCUT2D eigenvalue weighted by atomic mass is 16.5. The van der Waals surface area contributed by atoms with Gasteiger partial charge in [0.25, 0.3) is 0 Å². The molecule has 30 heavy (non-hydrogen) atoms. The van der Waals surface area contributed by atoms with Crippen LogP contribution in [-0.4, -0.2) is 53.7 Å². The summed E-state index contributed by atoms with van der Waals surface area (Å²) < 4.78 is 5.16. The molecule has 1 aliphatic heterocycles. The molecule has 2 aromatic rings. The Morgan fingerprint density at radius 1 is 1.20 bits per heavy atom. The van der Waals surface area contributed by atoms with Crippen molar-refractivity contribution in [1.82, 2.24) is 15.2 Å². The third-order valence-corrected chi connectivity index (χ3v) is 6.29. The molecule has 2 heterocycles. The second-order valence-electron chi connectivity index (χ2n) is 8.50. The first-order valence-corrected chi connectivity index (χ1v) is 10.9. The summed E-state index contributed by atoms with van der Waals surface area (Å²) in [5, 5.41) is 14.1. The molecule has 0 radical (unpaired) electrons. The van der Waals surface area contributed by atoms with Gasteiger partial charge in [-0.25, -0.2) is 0 Å². The average molecular weight is 410 g/mol. The van der Waals surface area contributed by atoms with Crippen molar-refractivity contribution in [2.75, 3.05) is 26.7 Å². The van der Waals surface area contributed by atoms with E-state index in [1.165, 1.54) is 11.1 Å². The van der Waals surface area contributed by atoms with Crippen LogP contribution in [0.25, 0.3) is 0 Å². The Morgan fingerprint density at radius 3 is 2.50 bits per heavy atom. The maximum atomic E-state index is 12.9. The Bertz CT molecular complexity index is 824. The maximum Gasteiger partial charge on any atom is 0.220 e. The average Bonchev–Trinajstić information content (AvgIpc) is 3.42. The van der Waals surface area contributed by atoms with Gasteiger partial charge in [0, 0.05) is 13.0 Å². The summed E-state index contributed by atoms with van der Waals surface area (Å²) in [5.41, 5.74) is 3.26. The van der Waals surface area contributed by atoms with E-state index in [-0.39, 0.29) is 11.9 Å². The highest BCUT2D eigenvalue weighted by Crippen LogP contribution is 2.29. The molecule has 1 fully saturated rings. The van der Waals surface area contributed by atoms with Crippen molar-refractivity contribution >= 4 is 5.91 Å². The molecule has 4 rings (SSSR count). The van der Waals surface area contributed by atoms with Crippen LogP contribution in [0.3, 0.4) is 0 Å². The number of methoxy groups -OCH3 is 1. The number of amides is 1. The Balaban J connectivity index is 1.40. The third kappa shape index (κ3) is 4.99. The van der Waals surface area contributed by atoms with Gasteiger partial charge < -0.3 is 20.1 Å². The van der Waals surface area contributed by atoms with Gasteiger partial charge >= 0.3 is 0 Å². The van der Waals surface area contributed by atoms with Crippen molar-refractivity contribution in [3.05, 3.63) is 59.4 Å². The van der Waals surface area contributed by atoms with E-state index in [1.54, 1.807) is 25.4 Å². The number of nitrogens with zero attached hydrogens (tertiary/aromatic N) is 2. The number of pyridine rings is 1. The van der Waals surface area contributed by atoms with Gasteiger partial charge in [0.2, 0.25) is 5.91 Å². The van der Waals surface area contributed by atoms with E-state index in [2.05, 4.69) is 39.5 Å². The van der Waals surface area contributed by atoms with Crippen molar-refractivity contribution in [2.24, 2.45) is 5.92 Å². The molecule has 160 valence electrons. The molecule has 1 saturated heterocycles. The number of likely N-dealkylation sites (tertiary alicyclic amines) is 1. The van der Waals surface area contributed by atoms with Gasteiger partial charge in [0.1, 0.15) is 11.9 Å². The molecule has 2 N–H and O–H groups in total. The molecule has 1 aromatic heterocycles. The smallest absolute Gasteiger partial charge is 0.220 e. The fourth-order valence-electron chi connectivity index (χ4n) is 4.68. The zero-order valence-corrected chi connectivity index (χ0v) is 17.6. The number of benzene rings is 1. The molecule has 1 amide bonds. The topological polar surface area (TPSA) is 74.7 Å². The minimum Gasteiger partial charge on any atom is -0.495 e. The molecule has 0 unspecified atom stereocenters. The van der Waals surface area contributed by atoms with Crippen LogP contribution in [0.4, 0.5) is 0 Å². The lowest BCUT2D eigenvalue weighted by atomic mass is 10.0. The molecule has 2 aliphatic rings. The summed E-state index contributed by atoms with van der Waals surface area (Å²) in [4.78, 5) is 19.5. The summed E-state index contributed by atoms with van der Waals surface area (Å²) in [7, 11) is 1.59. The zero-order valence-electron chi connectivity index (χ0n) is 17.6. The lowest BCUT2D eigenvalue weighted by Crippen LogP contribution is -2.47. The lowest BCUT2D eigenvalue weighted by molar-refractivity contribution is -0.123. The van der Waals surface area contributed by atoms with Crippen LogP contribution in [0.1, 0.15) is 42.2 Å². The van der Waals surface area contributed by atoms with E-state index in [1.807, 2.05) is 0 Å². The number of carbonyl (C=O) groups excluding carboxylic acids is 1. The second kappa shape index (κ2) is 9.58. The van der Waals surface area contributed by atoms with E-state index in [4.69, 9.17) is 4.74 Å². The van der Waals surface area contributed by atoms with Crippen LogP contribution in [0.5, 0.6) is 5.75 Å². The lowest BCUT2D eigenvalue weighted by Gasteiger charge is -2.28. The number of hydrogen-bond acceptors (Lipinski definition) is 5. The number of hydrogen-bond donors (Lipinski definition) is 2. The van der Waals surface area contributed by atoms with Crippen molar-refractivity contribution < 1.29 is 14.6 Å². The van der Waals surface area contributed by atoms with Crippen LogP contribution in [-0.2, 0) is 17.6 Å². The second-order valence-corrected chi connectivity index (χ2v) is 8.50. The molecule has 0 bridgehead atoms. The van der Waals surface area contributed by atoms with Gasteiger partial charge in [-0.2, -0.15) is 0 Å². The number of aliphatic hydroxyl groups excluding tert-OH is 1. The largest absolute Gasteiger partial charge is 0.495 e. The first kappa shape index (κ1) is 20.8. The summed E-state index contributed by atoms with van der Waals surface area (Å²) in [6.45, 7) is 2.64. The van der Waals surface area contributed by atoms with Gasteiger partial charge in [-0.05, 0) is 68.0 Å². The summed E-state index contributed by atoms with van der Waals surface area (Å²) in [6.07, 6.45) is 5.44. The minimum atomic E-state index is -0.860. The number of carbonyl (C=O) groups is 1. The predicted molar refractivity (Wildman–Crippen MR) is 115 cm³/mol. The molecular weight excluding hydrogens is 378 g/mol. The number of fused-ring (bicyclic) bond motifs is 1. The number of aromatic nitrogens is 1. The first-order valence-electron chi connectivity index (χ1n) is 10.9. The molecule has 1 aromatic carbocycles. The highest BCUT2D eigenvalue weighted by molar-refractivity contribution is 5.76. The number of nitrogens with one attached hydrogen (secondary N) is 1.